The van der Waals surface area contributed by atoms with Crippen molar-refractivity contribution >= 4 is 46.6 Å². The van der Waals surface area contributed by atoms with Gasteiger partial charge in [0.2, 0.25) is 11.8 Å². The molecule has 0 aromatic heterocycles. The van der Waals surface area contributed by atoms with Gasteiger partial charge < -0.3 is 15.0 Å². The van der Waals surface area contributed by atoms with E-state index in [0.717, 1.165) is 12.0 Å². The van der Waals surface area contributed by atoms with Crippen LogP contribution in [0.3, 0.4) is 0 Å². The van der Waals surface area contributed by atoms with E-state index in [1.54, 1.807) is 54.3 Å². The molecule has 0 fully saturated rings. The molecule has 2 atom stereocenters. The topological polar surface area (TPSA) is 58.6 Å². The monoisotopic (exact) mass is 498 g/mol. The molecule has 2 rings (SSSR count). The zero-order chi connectivity index (χ0) is 23.7. The molecule has 0 aliphatic rings. The lowest BCUT2D eigenvalue weighted by Crippen LogP contribution is -2.49. The molecule has 2 amide bonds. The highest BCUT2D eigenvalue weighted by molar-refractivity contribution is 6.35. The Labute approximate surface area is 205 Å². The van der Waals surface area contributed by atoms with Gasteiger partial charge in [0.25, 0.3) is 0 Å². The smallest absolute Gasteiger partial charge is 0.242 e. The summed E-state index contributed by atoms with van der Waals surface area (Å²) in [6.07, 6.45) is 1.54. The van der Waals surface area contributed by atoms with Gasteiger partial charge in [0, 0.05) is 34.1 Å². The summed E-state index contributed by atoms with van der Waals surface area (Å²) in [6.45, 7) is 6.23. The van der Waals surface area contributed by atoms with E-state index in [1.807, 2.05) is 13.8 Å². The first-order valence-corrected chi connectivity index (χ1v) is 11.8. The van der Waals surface area contributed by atoms with Crippen molar-refractivity contribution in [3.63, 3.8) is 0 Å². The van der Waals surface area contributed by atoms with Gasteiger partial charge in [-0.05, 0) is 68.7 Å². The summed E-state index contributed by atoms with van der Waals surface area (Å²) in [5, 5.41) is 4.55. The summed E-state index contributed by atoms with van der Waals surface area (Å²) in [5.41, 5.74) is 0.727. The van der Waals surface area contributed by atoms with Gasteiger partial charge in [-0.25, -0.2) is 0 Å². The van der Waals surface area contributed by atoms with E-state index in [1.165, 1.54) is 0 Å². The van der Waals surface area contributed by atoms with Crippen LogP contribution in [0.5, 0.6) is 5.75 Å². The van der Waals surface area contributed by atoms with Crippen LogP contribution < -0.4 is 10.1 Å². The lowest BCUT2D eigenvalue weighted by molar-refractivity contribution is -0.141. The van der Waals surface area contributed by atoms with Gasteiger partial charge in [-0.3, -0.25) is 9.59 Å². The lowest BCUT2D eigenvalue weighted by Gasteiger charge is -2.30. The minimum absolute atomic E-state index is 0.0220. The number of amides is 2. The first kappa shape index (κ1) is 26.3. The first-order valence-electron chi connectivity index (χ1n) is 10.6. The molecule has 32 heavy (non-hydrogen) atoms. The third kappa shape index (κ3) is 8.19. The predicted octanol–water partition coefficient (Wildman–Crippen LogP) is 6.14. The molecule has 2 aromatic carbocycles. The molecule has 174 valence electrons. The second kappa shape index (κ2) is 12.9. The number of rotatable bonds is 11. The quantitative estimate of drug-likeness (QED) is 0.378. The van der Waals surface area contributed by atoms with Crippen LogP contribution in [0, 0.1) is 0 Å². The first-order chi connectivity index (χ1) is 15.2. The minimum Gasteiger partial charge on any atom is -0.494 e. The molecule has 0 radical (unpaired) electrons. The van der Waals surface area contributed by atoms with Crippen molar-refractivity contribution in [2.75, 3.05) is 6.61 Å². The number of hydrogen-bond donors (Lipinski definition) is 1. The highest BCUT2D eigenvalue weighted by Gasteiger charge is 2.27. The number of benzene rings is 2. The molecule has 5 nitrogen and oxygen atoms in total. The highest BCUT2D eigenvalue weighted by atomic mass is 35.5. The standard InChI is InChI=1S/C24H29Cl3N2O3/c1-4-16(2)28-24(31)17(3)29(15-18-7-8-20(26)14-22(18)27)23(30)6-5-13-32-21-11-9-19(25)10-12-21/h7-12,14,16-17H,4-6,13,15H2,1-3H3,(H,28,31). The number of nitrogens with zero attached hydrogens (tertiary/aromatic N) is 1. The molecule has 8 heteroatoms. The number of carbonyl (C=O) groups is 2. The van der Waals surface area contributed by atoms with Gasteiger partial charge in [0.05, 0.1) is 6.61 Å². The van der Waals surface area contributed by atoms with Gasteiger partial charge in [-0.15, -0.1) is 0 Å². The van der Waals surface area contributed by atoms with Crippen molar-refractivity contribution in [1.29, 1.82) is 0 Å². The number of carbonyl (C=O) groups excluding carboxylic acids is 2. The summed E-state index contributed by atoms with van der Waals surface area (Å²) in [6, 6.07) is 11.5. The molecule has 0 heterocycles. The molecule has 0 spiro atoms. The van der Waals surface area contributed by atoms with Crippen molar-refractivity contribution in [3.05, 3.63) is 63.1 Å². The van der Waals surface area contributed by atoms with Crippen LogP contribution in [0.2, 0.25) is 15.1 Å². The molecular weight excluding hydrogens is 471 g/mol. The van der Waals surface area contributed by atoms with E-state index in [-0.39, 0.29) is 30.8 Å². The Kier molecular flexibility index (Phi) is 10.6. The molecule has 0 saturated carbocycles. The maximum Gasteiger partial charge on any atom is 0.242 e. The van der Waals surface area contributed by atoms with Gasteiger partial charge >= 0.3 is 0 Å². The van der Waals surface area contributed by atoms with Crippen LogP contribution in [0.1, 0.15) is 45.6 Å². The Morgan fingerprint density at radius 2 is 1.69 bits per heavy atom. The van der Waals surface area contributed by atoms with Crippen LogP contribution in [0.15, 0.2) is 42.5 Å². The number of ether oxygens (including phenoxy) is 1. The average Bonchev–Trinajstić information content (AvgIpc) is 2.76. The second-order valence-corrected chi connectivity index (χ2v) is 8.94. The van der Waals surface area contributed by atoms with Gasteiger partial charge in [-0.1, -0.05) is 47.8 Å². The summed E-state index contributed by atoms with van der Waals surface area (Å²) < 4.78 is 5.67. The zero-order valence-electron chi connectivity index (χ0n) is 18.5. The Morgan fingerprint density at radius 3 is 2.31 bits per heavy atom. The van der Waals surface area contributed by atoms with E-state index in [4.69, 9.17) is 39.5 Å². The van der Waals surface area contributed by atoms with E-state index >= 15 is 0 Å². The Bertz CT molecular complexity index is 906. The van der Waals surface area contributed by atoms with Crippen LogP contribution >= 0.6 is 34.8 Å². The minimum atomic E-state index is -0.652. The van der Waals surface area contributed by atoms with E-state index < -0.39 is 6.04 Å². The highest BCUT2D eigenvalue weighted by Crippen LogP contribution is 2.24. The Balaban J connectivity index is 2.05. The Morgan fingerprint density at radius 1 is 1.03 bits per heavy atom. The molecule has 2 unspecified atom stereocenters. The Hall–Kier alpha value is -1.95. The fraction of sp³-hybridized carbons (Fsp3) is 0.417. The van der Waals surface area contributed by atoms with Crippen LogP contribution in [-0.4, -0.2) is 35.4 Å². The zero-order valence-corrected chi connectivity index (χ0v) is 20.8. The second-order valence-electron chi connectivity index (χ2n) is 7.66. The maximum absolute atomic E-state index is 13.1. The van der Waals surface area contributed by atoms with E-state index in [2.05, 4.69) is 5.32 Å². The molecule has 0 bridgehead atoms. The number of halogens is 3. The third-order valence-electron chi connectivity index (χ3n) is 5.14. The van der Waals surface area contributed by atoms with E-state index in [0.29, 0.717) is 33.8 Å². The van der Waals surface area contributed by atoms with E-state index in [9.17, 15) is 9.59 Å². The normalized spacial score (nSPS) is 12.7. The van der Waals surface area contributed by atoms with Gasteiger partial charge in [0.1, 0.15) is 11.8 Å². The fourth-order valence-corrected chi connectivity index (χ4v) is 3.56. The van der Waals surface area contributed by atoms with Crippen LogP contribution in [-0.2, 0) is 16.1 Å². The van der Waals surface area contributed by atoms with Crippen molar-refractivity contribution in [2.45, 2.75) is 58.7 Å². The van der Waals surface area contributed by atoms with Crippen LogP contribution in [0.25, 0.3) is 0 Å². The van der Waals surface area contributed by atoms with Crippen molar-refractivity contribution in [1.82, 2.24) is 10.2 Å². The lowest BCUT2D eigenvalue weighted by atomic mass is 10.1. The number of hydrogen-bond acceptors (Lipinski definition) is 3. The molecule has 0 saturated heterocycles. The van der Waals surface area contributed by atoms with Crippen LogP contribution in [0.4, 0.5) is 0 Å². The predicted molar refractivity (Wildman–Crippen MR) is 131 cm³/mol. The molecular formula is C24H29Cl3N2O3. The van der Waals surface area contributed by atoms with Crippen molar-refractivity contribution in [3.8, 4) is 5.75 Å². The molecule has 0 aliphatic heterocycles. The molecule has 2 aromatic rings. The summed E-state index contributed by atoms with van der Waals surface area (Å²) >= 11 is 18.2. The summed E-state index contributed by atoms with van der Waals surface area (Å²) in [7, 11) is 0. The van der Waals surface area contributed by atoms with Crippen molar-refractivity contribution in [2.24, 2.45) is 0 Å². The molecule has 1 N–H and O–H groups in total. The largest absolute Gasteiger partial charge is 0.494 e. The number of nitrogens with one attached hydrogen (secondary N) is 1. The molecule has 0 aliphatic carbocycles. The summed E-state index contributed by atoms with van der Waals surface area (Å²) in [5.74, 6) is 0.339. The van der Waals surface area contributed by atoms with Gasteiger partial charge in [-0.2, -0.15) is 0 Å². The summed E-state index contributed by atoms with van der Waals surface area (Å²) in [4.78, 5) is 27.4. The SMILES string of the molecule is CCC(C)NC(=O)C(C)N(Cc1ccc(Cl)cc1Cl)C(=O)CCCOc1ccc(Cl)cc1. The van der Waals surface area contributed by atoms with Gasteiger partial charge in [0.15, 0.2) is 0 Å². The third-order valence-corrected chi connectivity index (χ3v) is 5.98. The average molecular weight is 500 g/mol. The maximum atomic E-state index is 13.1. The fourth-order valence-electron chi connectivity index (χ4n) is 2.97. The van der Waals surface area contributed by atoms with Crippen molar-refractivity contribution < 1.29 is 14.3 Å².